The minimum atomic E-state index is -0.563. The van der Waals surface area contributed by atoms with Crippen LogP contribution in [0.4, 0.5) is 0 Å². The molecule has 3 nitrogen and oxygen atoms in total. The van der Waals surface area contributed by atoms with E-state index in [1.54, 1.807) is 6.92 Å². The predicted molar refractivity (Wildman–Crippen MR) is 85.0 cm³/mol. The Morgan fingerprint density at radius 1 is 1.05 bits per heavy atom. The number of amides is 1. The molecule has 3 rings (SSSR count). The molecule has 1 amide bonds. The van der Waals surface area contributed by atoms with E-state index in [4.69, 9.17) is 0 Å². The van der Waals surface area contributed by atoms with E-state index >= 15 is 0 Å². The summed E-state index contributed by atoms with van der Waals surface area (Å²) in [6.07, 6.45) is 1.98. The third kappa shape index (κ3) is 2.31. The fourth-order valence-corrected chi connectivity index (χ4v) is 2.90. The van der Waals surface area contributed by atoms with Gasteiger partial charge in [0, 0.05) is 29.6 Å². The molecule has 3 aromatic rings. The molecule has 0 aliphatic carbocycles. The number of hydrogen-bond acceptors (Lipinski definition) is 1. The van der Waals surface area contributed by atoms with Crippen molar-refractivity contribution in [1.82, 2.24) is 10.3 Å². The van der Waals surface area contributed by atoms with Gasteiger partial charge in [-0.2, -0.15) is 0 Å². The van der Waals surface area contributed by atoms with Crippen LogP contribution in [0.25, 0.3) is 10.9 Å². The average Bonchev–Trinajstić information content (AvgIpc) is 2.92. The predicted octanol–water partition coefficient (Wildman–Crippen LogP) is 3.57. The molecule has 2 N–H and O–H groups in total. The van der Waals surface area contributed by atoms with Gasteiger partial charge in [0.2, 0.25) is 5.91 Å². The van der Waals surface area contributed by atoms with Crippen molar-refractivity contribution in [3.05, 3.63) is 71.9 Å². The standard InChI is InChI=1S/C18H18N2O/c1-13(21)20-18(2,14-8-4-3-5-9-14)16-12-19-17-11-7-6-10-15(16)17/h3-12,19H,1-2H3,(H,20,21)/t18-/m0/s1. The van der Waals surface area contributed by atoms with Crippen LogP contribution in [0.1, 0.15) is 25.0 Å². The van der Waals surface area contributed by atoms with Crippen LogP contribution in [0.3, 0.4) is 0 Å². The van der Waals surface area contributed by atoms with Gasteiger partial charge in [-0.1, -0.05) is 48.5 Å². The van der Waals surface area contributed by atoms with Crippen LogP contribution < -0.4 is 5.32 Å². The summed E-state index contributed by atoms with van der Waals surface area (Å²) in [4.78, 5) is 15.0. The van der Waals surface area contributed by atoms with Gasteiger partial charge in [0.05, 0.1) is 5.54 Å². The second kappa shape index (κ2) is 5.09. The molecule has 3 heteroatoms. The Bertz CT molecular complexity index is 776. The molecule has 0 unspecified atom stereocenters. The Hall–Kier alpha value is -2.55. The smallest absolute Gasteiger partial charge is 0.217 e. The van der Waals surface area contributed by atoms with Crippen molar-refractivity contribution in [2.75, 3.05) is 0 Å². The summed E-state index contributed by atoms with van der Waals surface area (Å²) in [5.74, 6) is -0.0494. The molecule has 0 aliphatic heterocycles. The van der Waals surface area contributed by atoms with E-state index in [2.05, 4.69) is 16.4 Å². The first-order chi connectivity index (χ1) is 10.1. The summed E-state index contributed by atoms with van der Waals surface area (Å²) in [5.41, 5.74) is 2.64. The molecule has 0 bridgehead atoms. The number of rotatable bonds is 3. The third-order valence-corrected chi connectivity index (χ3v) is 3.91. The summed E-state index contributed by atoms with van der Waals surface area (Å²) >= 11 is 0. The normalized spacial score (nSPS) is 13.8. The Morgan fingerprint density at radius 3 is 2.43 bits per heavy atom. The van der Waals surface area contributed by atoms with Crippen molar-refractivity contribution in [2.45, 2.75) is 19.4 Å². The van der Waals surface area contributed by atoms with Gasteiger partial charge in [-0.25, -0.2) is 0 Å². The van der Waals surface area contributed by atoms with Crippen LogP contribution in [0, 0.1) is 0 Å². The van der Waals surface area contributed by atoms with Crippen LogP contribution in [0.2, 0.25) is 0 Å². The lowest BCUT2D eigenvalue weighted by Crippen LogP contribution is -2.43. The largest absolute Gasteiger partial charge is 0.361 e. The van der Waals surface area contributed by atoms with Gasteiger partial charge in [0.25, 0.3) is 0 Å². The molecule has 0 saturated carbocycles. The Balaban J connectivity index is 2.22. The Labute approximate surface area is 124 Å². The molecule has 1 aromatic heterocycles. The van der Waals surface area contributed by atoms with E-state index < -0.39 is 5.54 Å². The number of benzene rings is 2. The molecule has 0 fully saturated rings. The number of fused-ring (bicyclic) bond motifs is 1. The Morgan fingerprint density at radius 2 is 1.71 bits per heavy atom. The van der Waals surface area contributed by atoms with Gasteiger partial charge >= 0.3 is 0 Å². The summed E-state index contributed by atoms with van der Waals surface area (Å²) in [5, 5.41) is 4.23. The fourth-order valence-electron chi connectivity index (χ4n) is 2.90. The molecule has 0 spiro atoms. The van der Waals surface area contributed by atoms with E-state index in [0.29, 0.717) is 0 Å². The number of carbonyl (C=O) groups excluding carboxylic acids is 1. The summed E-state index contributed by atoms with van der Waals surface area (Å²) in [6, 6.07) is 18.2. The number of hydrogen-bond donors (Lipinski definition) is 2. The van der Waals surface area contributed by atoms with Crippen molar-refractivity contribution in [1.29, 1.82) is 0 Å². The minimum absolute atomic E-state index is 0.0494. The summed E-state index contributed by atoms with van der Waals surface area (Å²) in [7, 11) is 0. The molecule has 0 radical (unpaired) electrons. The maximum Gasteiger partial charge on any atom is 0.217 e. The van der Waals surface area contributed by atoms with Gasteiger partial charge in [-0.3, -0.25) is 4.79 Å². The van der Waals surface area contributed by atoms with E-state index in [1.165, 1.54) is 0 Å². The Kier molecular flexibility index (Phi) is 3.26. The lowest BCUT2D eigenvalue weighted by Gasteiger charge is -2.31. The van der Waals surface area contributed by atoms with Crippen LogP contribution in [-0.2, 0) is 10.3 Å². The maximum absolute atomic E-state index is 11.7. The SMILES string of the molecule is CC(=O)N[C@@](C)(c1ccccc1)c1c[nH]c2ccccc12. The van der Waals surface area contributed by atoms with Crippen LogP contribution >= 0.6 is 0 Å². The zero-order valence-electron chi connectivity index (χ0n) is 12.2. The lowest BCUT2D eigenvalue weighted by atomic mass is 9.84. The molecule has 1 atom stereocenters. The molecular weight excluding hydrogens is 260 g/mol. The van der Waals surface area contributed by atoms with Crippen molar-refractivity contribution >= 4 is 16.8 Å². The van der Waals surface area contributed by atoms with Crippen molar-refractivity contribution in [2.24, 2.45) is 0 Å². The van der Waals surface area contributed by atoms with Gasteiger partial charge < -0.3 is 10.3 Å². The third-order valence-electron chi connectivity index (χ3n) is 3.91. The van der Waals surface area contributed by atoms with Gasteiger partial charge in [0.15, 0.2) is 0 Å². The van der Waals surface area contributed by atoms with Crippen LogP contribution in [0.15, 0.2) is 60.8 Å². The minimum Gasteiger partial charge on any atom is -0.361 e. The quantitative estimate of drug-likeness (QED) is 0.756. The number of nitrogens with one attached hydrogen (secondary N) is 2. The summed E-state index contributed by atoms with van der Waals surface area (Å²) < 4.78 is 0. The lowest BCUT2D eigenvalue weighted by molar-refractivity contribution is -0.120. The molecule has 0 aliphatic rings. The average molecular weight is 278 g/mol. The zero-order chi connectivity index (χ0) is 14.9. The second-order valence-corrected chi connectivity index (χ2v) is 5.42. The number of aromatic nitrogens is 1. The molecule has 106 valence electrons. The highest BCUT2D eigenvalue weighted by Crippen LogP contribution is 2.34. The van der Waals surface area contributed by atoms with Crippen molar-refractivity contribution in [3.8, 4) is 0 Å². The zero-order valence-corrected chi connectivity index (χ0v) is 12.2. The second-order valence-electron chi connectivity index (χ2n) is 5.42. The highest BCUT2D eigenvalue weighted by molar-refractivity contribution is 5.86. The van der Waals surface area contributed by atoms with E-state index in [0.717, 1.165) is 22.0 Å². The first-order valence-corrected chi connectivity index (χ1v) is 7.02. The number of para-hydroxylation sites is 1. The maximum atomic E-state index is 11.7. The van der Waals surface area contributed by atoms with Crippen molar-refractivity contribution in [3.63, 3.8) is 0 Å². The molecule has 21 heavy (non-hydrogen) atoms. The fraction of sp³-hybridized carbons (Fsp3) is 0.167. The number of H-pyrrole nitrogens is 1. The molecule has 1 heterocycles. The summed E-state index contributed by atoms with van der Waals surface area (Å²) in [6.45, 7) is 3.59. The number of aromatic amines is 1. The molecular formula is C18H18N2O. The van der Waals surface area contributed by atoms with Crippen molar-refractivity contribution < 1.29 is 4.79 Å². The van der Waals surface area contributed by atoms with Gasteiger partial charge in [-0.15, -0.1) is 0 Å². The van der Waals surface area contributed by atoms with E-state index in [1.807, 2.05) is 61.7 Å². The van der Waals surface area contributed by atoms with Crippen LogP contribution in [0.5, 0.6) is 0 Å². The van der Waals surface area contributed by atoms with Gasteiger partial charge in [-0.05, 0) is 18.6 Å². The first kappa shape index (κ1) is 13.4. The topological polar surface area (TPSA) is 44.9 Å². The van der Waals surface area contributed by atoms with Gasteiger partial charge in [0.1, 0.15) is 0 Å². The van der Waals surface area contributed by atoms with Crippen LogP contribution in [-0.4, -0.2) is 10.9 Å². The van der Waals surface area contributed by atoms with E-state index in [-0.39, 0.29) is 5.91 Å². The molecule has 0 saturated heterocycles. The number of carbonyl (C=O) groups is 1. The molecule has 2 aromatic carbocycles. The van der Waals surface area contributed by atoms with E-state index in [9.17, 15) is 4.79 Å². The monoisotopic (exact) mass is 278 g/mol. The highest BCUT2D eigenvalue weighted by Gasteiger charge is 2.31. The highest BCUT2D eigenvalue weighted by atomic mass is 16.1. The first-order valence-electron chi connectivity index (χ1n) is 7.02.